The molecule has 0 spiro atoms. The molecular formula is C20H19N3O2S. The summed E-state index contributed by atoms with van der Waals surface area (Å²) in [6, 6.07) is 14.0. The monoisotopic (exact) mass is 365 g/mol. The van der Waals surface area contributed by atoms with Crippen molar-refractivity contribution in [2.24, 2.45) is 4.99 Å². The van der Waals surface area contributed by atoms with Crippen LogP contribution in [0.15, 0.2) is 53.7 Å². The molecule has 2 aromatic heterocycles. The van der Waals surface area contributed by atoms with Crippen LogP contribution in [0.3, 0.4) is 0 Å². The molecular weight excluding hydrogens is 346 g/mol. The molecule has 0 saturated carbocycles. The summed E-state index contributed by atoms with van der Waals surface area (Å²) in [6.45, 7) is 3.28. The number of hydrogen-bond donors (Lipinski definition) is 1. The second-order valence-corrected chi connectivity index (χ2v) is 7.17. The highest BCUT2D eigenvalue weighted by Gasteiger charge is 2.13. The molecule has 1 N–H and O–H groups in total. The number of nitrogens with one attached hydrogen (secondary N) is 1. The summed E-state index contributed by atoms with van der Waals surface area (Å²) in [5.41, 5.74) is 3.79. The number of ether oxygens (including phenoxy) is 1. The van der Waals surface area contributed by atoms with Gasteiger partial charge in [0.05, 0.1) is 22.4 Å². The zero-order chi connectivity index (χ0) is 18.1. The third-order valence-corrected chi connectivity index (χ3v) is 5.42. The van der Waals surface area contributed by atoms with Gasteiger partial charge in [-0.2, -0.15) is 4.99 Å². The zero-order valence-corrected chi connectivity index (χ0v) is 15.5. The summed E-state index contributed by atoms with van der Waals surface area (Å²) in [5, 5.41) is 0.890. The molecule has 0 radical (unpaired) electrons. The number of H-pyrrole nitrogens is 1. The summed E-state index contributed by atoms with van der Waals surface area (Å²) in [7, 11) is 1.67. The van der Waals surface area contributed by atoms with E-state index in [2.05, 4.69) is 39.7 Å². The molecule has 2 aromatic carbocycles. The van der Waals surface area contributed by atoms with Crippen molar-refractivity contribution >= 4 is 38.4 Å². The first-order valence-electron chi connectivity index (χ1n) is 8.41. The number of hydrogen-bond acceptors (Lipinski definition) is 3. The van der Waals surface area contributed by atoms with Crippen molar-refractivity contribution in [3.8, 4) is 0 Å². The van der Waals surface area contributed by atoms with Crippen LogP contribution in [0, 0.1) is 6.92 Å². The van der Waals surface area contributed by atoms with Gasteiger partial charge in [0.2, 0.25) is 0 Å². The number of carbonyl (C=O) groups excluding carboxylic acids is 1. The maximum Gasteiger partial charge on any atom is 0.281 e. The van der Waals surface area contributed by atoms with Gasteiger partial charge in [0.25, 0.3) is 5.91 Å². The first kappa shape index (κ1) is 16.8. The summed E-state index contributed by atoms with van der Waals surface area (Å²) in [6.07, 6.45) is 1.73. The van der Waals surface area contributed by atoms with E-state index in [1.165, 1.54) is 16.9 Å². The highest BCUT2D eigenvalue weighted by atomic mass is 32.1. The Hall–Kier alpha value is -2.70. The van der Waals surface area contributed by atoms with Crippen LogP contribution < -0.4 is 4.80 Å². The van der Waals surface area contributed by atoms with E-state index in [0.29, 0.717) is 23.5 Å². The van der Waals surface area contributed by atoms with Crippen LogP contribution >= 0.6 is 11.3 Å². The zero-order valence-electron chi connectivity index (χ0n) is 14.7. The van der Waals surface area contributed by atoms with Crippen LogP contribution in [0.5, 0.6) is 0 Å². The van der Waals surface area contributed by atoms with Gasteiger partial charge < -0.3 is 14.3 Å². The summed E-state index contributed by atoms with van der Waals surface area (Å²) in [5.74, 6) is -0.239. The average molecular weight is 365 g/mol. The van der Waals surface area contributed by atoms with Gasteiger partial charge in [-0.3, -0.25) is 4.79 Å². The van der Waals surface area contributed by atoms with Crippen molar-refractivity contribution in [3.05, 3.63) is 64.6 Å². The second kappa shape index (κ2) is 6.90. The number of methoxy groups -OCH3 is 1. The highest BCUT2D eigenvalue weighted by molar-refractivity contribution is 7.16. The minimum atomic E-state index is -0.239. The van der Waals surface area contributed by atoms with Crippen molar-refractivity contribution in [2.45, 2.75) is 13.5 Å². The molecule has 0 aliphatic rings. The molecule has 2 heterocycles. The molecule has 26 heavy (non-hydrogen) atoms. The lowest BCUT2D eigenvalue weighted by molar-refractivity contribution is 0.0999. The number of benzene rings is 2. The number of aromatic nitrogens is 2. The molecule has 132 valence electrons. The van der Waals surface area contributed by atoms with Gasteiger partial charge >= 0.3 is 0 Å². The first-order chi connectivity index (χ1) is 12.7. The molecule has 0 aliphatic carbocycles. The summed E-state index contributed by atoms with van der Waals surface area (Å²) >= 11 is 1.53. The number of carbonyl (C=O) groups is 1. The van der Waals surface area contributed by atoms with Crippen LogP contribution in [0.1, 0.15) is 15.9 Å². The summed E-state index contributed by atoms with van der Waals surface area (Å²) < 4.78 is 8.40. The molecule has 6 heteroatoms. The van der Waals surface area contributed by atoms with Crippen molar-refractivity contribution < 1.29 is 9.53 Å². The smallest absolute Gasteiger partial charge is 0.281 e. The van der Waals surface area contributed by atoms with E-state index in [1.807, 2.05) is 24.3 Å². The lowest BCUT2D eigenvalue weighted by atomic mass is 10.2. The first-order valence-corrected chi connectivity index (χ1v) is 9.23. The fourth-order valence-electron chi connectivity index (χ4n) is 3.06. The number of thiazole rings is 1. The van der Waals surface area contributed by atoms with Gasteiger partial charge in [0.1, 0.15) is 0 Å². The van der Waals surface area contributed by atoms with Crippen molar-refractivity contribution in [1.29, 1.82) is 0 Å². The predicted octanol–water partition coefficient (Wildman–Crippen LogP) is 3.88. The quantitative estimate of drug-likeness (QED) is 0.597. The van der Waals surface area contributed by atoms with E-state index in [4.69, 9.17) is 4.74 Å². The van der Waals surface area contributed by atoms with Gasteiger partial charge in [0.15, 0.2) is 4.80 Å². The SMILES string of the molecule is COCCn1c(=NC(=O)c2c[nH]c3ccccc23)sc2cc(C)ccc21. The number of nitrogens with zero attached hydrogens (tertiary/aromatic N) is 2. The van der Waals surface area contributed by atoms with Crippen LogP contribution in [0.4, 0.5) is 0 Å². The molecule has 0 atom stereocenters. The molecule has 0 unspecified atom stereocenters. The molecule has 0 aliphatic heterocycles. The van der Waals surface area contributed by atoms with E-state index in [1.54, 1.807) is 13.3 Å². The lowest BCUT2D eigenvalue weighted by Gasteiger charge is -2.04. The Morgan fingerprint density at radius 2 is 2.12 bits per heavy atom. The fraction of sp³-hybridized carbons (Fsp3) is 0.200. The number of aryl methyl sites for hydroxylation is 1. The van der Waals surface area contributed by atoms with Crippen LogP contribution in [-0.4, -0.2) is 29.2 Å². The van der Waals surface area contributed by atoms with Gasteiger partial charge in [-0.05, 0) is 30.7 Å². The largest absolute Gasteiger partial charge is 0.383 e. The number of fused-ring (bicyclic) bond motifs is 2. The van der Waals surface area contributed by atoms with Crippen LogP contribution in [0.2, 0.25) is 0 Å². The Kier molecular flexibility index (Phi) is 4.44. The minimum absolute atomic E-state index is 0.239. The number of aromatic amines is 1. The Bertz CT molecular complexity index is 1170. The van der Waals surface area contributed by atoms with Gasteiger partial charge in [-0.25, -0.2) is 0 Å². The normalized spacial score (nSPS) is 12.3. The number of rotatable bonds is 4. The Balaban J connectivity index is 1.85. The molecule has 5 nitrogen and oxygen atoms in total. The Morgan fingerprint density at radius 3 is 2.96 bits per heavy atom. The van der Waals surface area contributed by atoms with E-state index in [9.17, 15) is 4.79 Å². The van der Waals surface area contributed by atoms with E-state index in [-0.39, 0.29) is 5.91 Å². The number of amides is 1. The molecule has 0 saturated heterocycles. The minimum Gasteiger partial charge on any atom is -0.383 e. The third-order valence-electron chi connectivity index (χ3n) is 4.37. The van der Waals surface area contributed by atoms with Crippen molar-refractivity contribution in [1.82, 2.24) is 9.55 Å². The number of para-hydroxylation sites is 1. The lowest BCUT2D eigenvalue weighted by Crippen LogP contribution is -2.19. The van der Waals surface area contributed by atoms with Crippen molar-refractivity contribution in [2.75, 3.05) is 13.7 Å². The maximum absolute atomic E-state index is 12.8. The van der Waals surface area contributed by atoms with Crippen LogP contribution in [-0.2, 0) is 11.3 Å². The summed E-state index contributed by atoms with van der Waals surface area (Å²) in [4.78, 5) is 21.1. The Labute approximate surface area is 154 Å². The molecule has 4 aromatic rings. The van der Waals surface area contributed by atoms with E-state index < -0.39 is 0 Å². The van der Waals surface area contributed by atoms with Crippen molar-refractivity contribution in [3.63, 3.8) is 0 Å². The average Bonchev–Trinajstić information content (AvgIpc) is 3.20. The topological polar surface area (TPSA) is 59.4 Å². The van der Waals surface area contributed by atoms with E-state index in [0.717, 1.165) is 21.1 Å². The fourth-order valence-corrected chi connectivity index (χ4v) is 4.21. The Morgan fingerprint density at radius 1 is 1.27 bits per heavy atom. The third kappa shape index (κ3) is 2.98. The maximum atomic E-state index is 12.8. The van der Waals surface area contributed by atoms with Gasteiger partial charge in [-0.15, -0.1) is 0 Å². The second-order valence-electron chi connectivity index (χ2n) is 6.17. The molecule has 4 rings (SSSR count). The van der Waals surface area contributed by atoms with E-state index >= 15 is 0 Å². The molecule has 0 bridgehead atoms. The standard InChI is InChI=1S/C20H19N3O2S/c1-13-7-8-17-18(11-13)26-20(23(17)9-10-25-2)22-19(24)15-12-21-16-6-4-3-5-14(15)16/h3-8,11-12,21H,9-10H2,1-2H3. The molecule has 1 amide bonds. The predicted molar refractivity (Wildman–Crippen MR) is 105 cm³/mol. The van der Waals surface area contributed by atoms with Gasteiger partial charge in [-0.1, -0.05) is 35.6 Å². The van der Waals surface area contributed by atoms with Crippen LogP contribution in [0.25, 0.3) is 21.1 Å². The molecule has 0 fully saturated rings. The van der Waals surface area contributed by atoms with Gasteiger partial charge in [0, 0.05) is 30.8 Å². The highest BCUT2D eigenvalue weighted by Crippen LogP contribution is 2.21.